The molecule has 5 nitrogen and oxygen atoms in total. The minimum atomic E-state index is -3.30. The second-order valence-electron chi connectivity index (χ2n) is 4.64. The molecule has 0 aromatic carbocycles. The van der Waals surface area contributed by atoms with Crippen LogP contribution in [0.15, 0.2) is 4.90 Å². The van der Waals surface area contributed by atoms with Crippen molar-refractivity contribution >= 4 is 32.2 Å². The number of sulfone groups is 1. The molecular weight excluding hydrogens is 258 g/mol. The maximum absolute atomic E-state index is 11.7. The van der Waals surface area contributed by atoms with Gasteiger partial charge in [0, 0.05) is 19.3 Å². The van der Waals surface area contributed by atoms with Crippen molar-refractivity contribution in [3.05, 3.63) is 0 Å². The van der Waals surface area contributed by atoms with Crippen molar-refractivity contribution in [1.82, 2.24) is 4.37 Å². The molecule has 2 rings (SSSR count). The van der Waals surface area contributed by atoms with Gasteiger partial charge in [0.15, 0.2) is 15.7 Å². The Morgan fingerprint density at radius 3 is 2.53 bits per heavy atom. The SMILES string of the molecule is CC1CCN(c2snc(N)c2S(C)(=O)=O)CC1. The van der Waals surface area contributed by atoms with E-state index in [-0.39, 0.29) is 10.7 Å². The number of hydrogen-bond donors (Lipinski definition) is 1. The highest BCUT2D eigenvalue weighted by Gasteiger charge is 2.27. The monoisotopic (exact) mass is 275 g/mol. The molecule has 1 aliphatic rings. The number of rotatable bonds is 2. The lowest BCUT2D eigenvalue weighted by atomic mass is 10.00. The zero-order chi connectivity index (χ0) is 12.6. The molecule has 17 heavy (non-hydrogen) atoms. The van der Waals surface area contributed by atoms with Gasteiger partial charge in [-0.1, -0.05) is 6.92 Å². The zero-order valence-corrected chi connectivity index (χ0v) is 11.6. The number of nitrogen functional groups attached to an aromatic ring is 1. The summed E-state index contributed by atoms with van der Waals surface area (Å²) < 4.78 is 27.4. The van der Waals surface area contributed by atoms with Crippen LogP contribution >= 0.6 is 11.5 Å². The lowest BCUT2D eigenvalue weighted by molar-refractivity contribution is 0.438. The molecule has 2 N–H and O–H groups in total. The quantitative estimate of drug-likeness (QED) is 0.882. The Balaban J connectivity index is 2.34. The van der Waals surface area contributed by atoms with Gasteiger partial charge in [0.05, 0.1) is 0 Å². The normalized spacial score (nSPS) is 18.6. The molecule has 0 saturated carbocycles. The molecule has 1 fully saturated rings. The summed E-state index contributed by atoms with van der Waals surface area (Å²) in [4.78, 5) is 2.29. The summed E-state index contributed by atoms with van der Waals surface area (Å²) in [5.41, 5.74) is 5.65. The molecule has 0 radical (unpaired) electrons. The molecule has 2 heterocycles. The van der Waals surface area contributed by atoms with Crippen molar-refractivity contribution in [2.24, 2.45) is 5.92 Å². The molecule has 0 bridgehead atoms. The van der Waals surface area contributed by atoms with Crippen LogP contribution < -0.4 is 10.6 Å². The summed E-state index contributed by atoms with van der Waals surface area (Å²) >= 11 is 1.18. The van der Waals surface area contributed by atoms with Crippen LogP contribution in [0.2, 0.25) is 0 Å². The predicted molar refractivity (Wildman–Crippen MR) is 70.2 cm³/mol. The third-order valence-electron chi connectivity index (χ3n) is 3.10. The molecule has 1 saturated heterocycles. The summed E-state index contributed by atoms with van der Waals surface area (Å²) in [6.45, 7) is 3.98. The van der Waals surface area contributed by atoms with E-state index >= 15 is 0 Å². The smallest absolute Gasteiger partial charge is 0.182 e. The number of anilines is 2. The van der Waals surface area contributed by atoms with Crippen LogP contribution in [0, 0.1) is 5.92 Å². The Hall–Kier alpha value is -0.820. The Morgan fingerprint density at radius 1 is 1.41 bits per heavy atom. The maximum atomic E-state index is 11.7. The first-order valence-corrected chi connectivity index (χ1v) is 8.26. The summed E-state index contributed by atoms with van der Waals surface area (Å²) in [5, 5.41) is 0.705. The summed E-state index contributed by atoms with van der Waals surface area (Å²) in [7, 11) is -3.30. The Morgan fingerprint density at radius 2 is 2.00 bits per heavy atom. The first-order chi connectivity index (χ1) is 7.89. The highest BCUT2D eigenvalue weighted by molar-refractivity contribution is 7.91. The van der Waals surface area contributed by atoms with E-state index in [4.69, 9.17) is 5.73 Å². The van der Waals surface area contributed by atoms with E-state index in [0.29, 0.717) is 10.9 Å². The molecular formula is C10H17N3O2S2. The van der Waals surface area contributed by atoms with Crippen molar-refractivity contribution in [1.29, 1.82) is 0 Å². The van der Waals surface area contributed by atoms with Gasteiger partial charge in [0.1, 0.15) is 9.90 Å². The largest absolute Gasteiger partial charge is 0.382 e. The summed E-state index contributed by atoms with van der Waals surface area (Å²) in [6, 6.07) is 0. The van der Waals surface area contributed by atoms with Crippen LogP contribution in [0.1, 0.15) is 19.8 Å². The van der Waals surface area contributed by atoms with Gasteiger partial charge in [-0.15, -0.1) is 0 Å². The van der Waals surface area contributed by atoms with E-state index in [1.165, 1.54) is 17.8 Å². The fraction of sp³-hybridized carbons (Fsp3) is 0.700. The Kier molecular flexibility index (Phi) is 3.31. The third-order valence-corrected chi connectivity index (χ3v) is 5.30. The second-order valence-corrected chi connectivity index (χ2v) is 7.35. The fourth-order valence-electron chi connectivity index (χ4n) is 2.05. The Bertz CT molecular complexity index is 502. The number of piperidine rings is 1. The van der Waals surface area contributed by atoms with Crippen LogP contribution in [0.25, 0.3) is 0 Å². The number of nitrogens with two attached hydrogens (primary N) is 1. The van der Waals surface area contributed by atoms with E-state index in [1.54, 1.807) is 0 Å². The Labute approximate surface area is 106 Å². The third kappa shape index (κ3) is 2.55. The molecule has 0 atom stereocenters. The van der Waals surface area contributed by atoms with Crippen LogP contribution in [0.4, 0.5) is 10.8 Å². The van der Waals surface area contributed by atoms with Gasteiger partial charge in [-0.25, -0.2) is 8.42 Å². The van der Waals surface area contributed by atoms with E-state index in [2.05, 4.69) is 16.2 Å². The zero-order valence-electron chi connectivity index (χ0n) is 10.0. The van der Waals surface area contributed by atoms with Crippen molar-refractivity contribution in [2.75, 3.05) is 30.0 Å². The van der Waals surface area contributed by atoms with Crippen LogP contribution in [0.3, 0.4) is 0 Å². The van der Waals surface area contributed by atoms with E-state index in [9.17, 15) is 8.42 Å². The first-order valence-electron chi connectivity index (χ1n) is 5.59. The topological polar surface area (TPSA) is 76.3 Å². The fourth-order valence-corrected chi connectivity index (χ4v) is 4.30. The van der Waals surface area contributed by atoms with Gasteiger partial charge >= 0.3 is 0 Å². The van der Waals surface area contributed by atoms with Gasteiger partial charge < -0.3 is 10.6 Å². The first kappa shape index (κ1) is 12.6. The molecule has 0 amide bonds. The molecule has 7 heteroatoms. The van der Waals surface area contributed by atoms with Crippen LogP contribution in [-0.2, 0) is 9.84 Å². The van der Waals surface area contributed by atoms with E-state index < -0.39 is 9.84 Å². The van der Waals surface area contributed by atoms with Gasteiger partial charge in [0.25, 0.3) is 0 Å². The summed E-state index contributed by atoms with van der Waals surface area (Å²) in [5.74, 6) is 0.837. The highest BCUT2D eigenvalue weighted by Crippen LogP contribution is 2.36. The highest BCUT2D eigenvalue weighted by atomic mass is 32.2. The average molecular weight is 275 g/mol. The standard InChI is InChI=1S/C10H17N3O2S2/c1-7-3-5-13(6-4-7)10-8(17(2,14)15)9(11)12-16-10/h7H,3-6H2,1-2H3,(H2,11,12). The van der Waals surface area contributed by atoms with Crippen LogP contribution in [-0.4, -0.2) is 32.1 Å². The predicted octanol–water partition coefficient (Wildman–Crippen LogP) is 1.37. The molecule has 1 aromatic rings. The minimum Gasteiger partial charge on any atom is -0.382 e. The van der Waals surface area contributed by atoms with E-state index in [0.717, 1.165) is 25.9 Å². The van der Waals surface area contributed by atoms with Gasteiger partial charge in [0.2, 0.25) is 0 Å². The van der Waals surface area contributed by atoms with Gasteiger partial charge in [-0.05, 0) is 30.3 Å². The average Bonchev–Trinajstić information content (AvgIpc) is 2.61. The molecule has 0 spiro atoms. The molecule has 96 valence electrons. The number of nitrogens with zero attached hydrogens (tertiary/aromatic N) is 2. The minimum absolute atomic E-state index is 0.131. The molecule has 0 aliphatic carbocycles. The number of aromatic nitrogens is 1. The van der Waals surface area contributed by atoms with Crippen molar-refractivity contribution in [3.63, 3.8) is 0 Å². The molecule has 1 aliphatic heterocycles. The molecule has 0 unspecified atom stereocenters. The lowest BCUT2D eigenvalue weighted by Gasteiger charge is -2.31. The van der Waals surface area contributed by atoms with Gasteiger partial charge in [-0.2, -0.15) is 4.37 Å². The van der Waals surface area contributed by atoms with Gasteiger partial charge in [-0.3, -0.25) is 0 Å². The molecule has 1 aromatic heterocycles. The van der Waals surface area contributed by atoms with Crippen molar-refractivity contribution in [3.8, 4) is 0 Å². The lowest BCUT2D eigenvalue weighted by Crippen LogP contribution is -2.33. The maximum Gasteiger partial charge on any atom is 0.182 e. The summed E-state index contributed by atoms with van der Waals surface area (Å²) in [6.07, 6.45) is 3.35. The van der Waals surface area contributed by atoms with Crippen molar-refractivity contribution < 1.29 is 8.42 Å². The van der Waals surface area contributed by atoms with Crippen molar-refractivity contribution in [2.45, 2.75) is 24.7 Å². The van der Waals surface area contributed by atoms with Crippen LogP contribution in [0.5, 0.6) is 0 Å². The number of hydrogen-bond acceptors (Lipinski definition) is 6. The second kappa shape index (κ2) is 4.45. The van der Waals surface area contributed by atoms with E-state index in [1.807, 2.05) is 0 Å².